The topological polar surface area (TPSA) is 29.5 Å². The lowest BCUT2D eigenvalue weighted by Crippen LogP contribution is -2.03. The van der Waals surface area contributed by atoms with Crippen LogP contribution in [0.2, 0.25) is 0 Å². The minimum atomic E-state index is -0.330. The van der Waals surface area contributed by atoms with Crippen LogP contribution in [0.25, 0.3) is 0 Å². The molecule has 0 spiro atoms. The fraction of sp³-hybridized carbons (Fsp3) is 0.647. The SMILES string of the molecule is OC(CCC1CCCC1)c1cccc(OC2CC2)c1. The lowest BCUT2D eigenvalue weighted by Gasteiger charge is -2.15. The fourth-order valence-electron chi connectivity index (χ4n) is 3.03. The van der Waals surface area contributed by atoms with Crippen molar-refractivity contribution in [1.29, 1.82) is 0 Å². The predicted octanol–water partition coefficient (Wildman–Crippen LogP) is 4.23. The normalized spacial score (nSPS) is 21.5. The molecule has 0 aromatic heterocycles. The van der Waals surface area contributed by atoms with Crippen LogP contribution >= 0.6 is 0 Å². The Morgan fingerprint density at radius 3 is 2.68 bits per heavy atom. The highest BCUT2D eigenvalue weighted by Gasteiger charge is 2.24. The lowest BCUT2D eigenvalue weighted by atomic mass is 9.96. The number of rotatable bonds is 6. The summed E-state index contributed by atoms with van der Waals surface area (Å²) in [7, 11) is 0. The largest absolute Gasteiger partial charge is 0.490 e. The standard InChI is InChI=1S/C17H24O2/c18-17(11-8-13-4-1-2-5-13)14-6-3-7-16(12-14)19-15-9-10-15/h3,6-7,12-13,15,17-18H,1-2,4-5,8-11H2. The first-order valence-electron chi connectivity index (χ1n) is 7.76. The Morgan fingerprint density at radius 2 is 1.95 bits per heavy atom. The molecule has 1 N–H and O–H groups in total. The zero-order valence-electron chi connectivity index (χ0n) is 11.6. The summed E-state index contributed by atoms with van der Waals surface area (Å²) < 4.78 is 5.78. The van der Waals surface area contributed by atoms with E-state index in [1.165, 1.54) is 38.5 Å². The fourth-order valence-corrected chi connectivity index (χ4v) is 3.03. The molecule has 104 valence electrons. The van der Waals surface area contributed by atoms with E-state index in [1.54, 1.807) is 0 Å². The van der Waals surface area contributed by atoms with Gasteiger partial charge in [-0.2, -0.15) is 0 Å². The molecule has 1 atom stereocenters. The molecule has 0 radical (unpaired) electrons. The summed E-state index contributed by atoms with van der Waals surface area (Å²) in [5.74, 6) is 1.76. The molecule has 2 saturated carbocycles. The van der Waals surface area contributed by atoms with Crippen molar-refractivity contribution in [3.05, 3.63) is 29.8 Å². The van der Waals surface area contributed by atoms with Gasteiger partial charge in [-0.1, -0.05) is 37.8 Å². The van der Waals surface area contributed by atoms with Gasteiger partial charge in [0.25, 0.3) is 0 Å². The molecule has 1 aromatic carbocycles. The zero-order valence-corrected chi connectivity index (χ0v) is 11.6. The van der Waals surface area contributed by atoms with Crippen LogP contribution in [0.1, 0.15) is 63.0 Å². The minimum Gasteiger partial charge on any atom is -0.490 e. The number of hydrogen-bond acceptors (Lipinski definition) is 2. The maximum atomic E-state index is 10.3. The first-order chi connectivity index (χ1) is 9.31. The molecule has 0 heterocycles. The molecule has 2 fully saturated rings. The summed E-state index contributed by atoms with van der Waals surface area (Å²) in [5, 5.41) is 10.3. The highest BCUT2D eigenvalue weighted by atomic mass is 16.5. The lowest BCUT2D eigenvalue weighted by molar-refractivity contribution is 0.156. The molecule has 1 unspecified atom stereocenters. The van der Waals surface area contributed by atoms with Gasteiger partial charge >= 0.3 is 0 Å². The molecule has 2 aliphatic carbocycles. The van der Waals surface area contributed by atoms with E-state index < -0.39 is 0 Å². The van der Waals surface area contributed by atoms with E-state index in [9.17, 15) is 5.11 Å². The zero-order chi connectivity index (χ0) is 13.1. The van der Waals surface area contributed by atoms with Crippen LogP contribution in [0.5, 0.6) is 5.75 Å². The first kappa shape index (κ1) is 13.0. The Bertz CT molecular complexity index is 405. The van der Waals surface area contributed by atoms with Crippen molar-refractivity contribution in [3.8, 4) is 5.75 Å². The van der Waals surface area contributed by atoms with E-state index in [0.717, 1.165) is 30.1 Å². The first-order valence-corrected chi connectivity index (χ1v) is 7.76. The predicted molar refractivity (Wildman–Crippen MR) is 76.2 cm³/mol. The maximum absolute atomic E-state index is 10.3. The second kappa shape index (κ2) is 5.96. The van der Waals surface area contributed by atoms with Crippen LogP contribution in [-0.4, -0.2) is 11.2 Å². The molecule has 2 nitrogen and oxygen atoms in total. The summed E-state index contributed by atoms with van der Waals surface area (Å²) in [6, 6.07) is 8.01. The monoisotopic (exact) mass is 260 g/mol. The number of ether oxygens (including phenoxy) is 1. The highest BCUT2D eigenvalue weighted by Crippen LogP contribution is 2.33. The van der Waals surface area contributed by atoms with Gasteiger partial charge in [-0.05, 0) is 49.3 Å². The number of benzene rings is 1. The third-order valence-electron chi connectivity index (χ3n) is 4.39. The van der Waals surface area contributed by atoms with Gasteiger partial charge in [0, 0.05) is 0 Å². The van der Waals surface area contributed by atoms with Crippen LogP contribution in [0.15, 0.2) is 24.3 Å². The number of aliphatic hydroxyl groups is 1. The van der Waals surface area contributed by atoms with Gasteiger partial charge < -0.3 is 9.84 Å². The van der Waals surface area contributed by atoms with Gasteiger partial charge in [0.05, 0.1) is 12.2 Å². The van der Waals surface area contributed by atoms with E-state index in [0.29, 0.717) is 6.10 Å². The second-order valence-corrected chi connectivity index (χ2v) is 6.13. The van der Waals surface area contributed by atoms with Gasteiger partial charge in [0.2, 0.25) is 0 Å². The van der Waals surface area contributed by atoms with Crippen molar-refractivity contribution >= 4 is 0 Å². The molecular formula is C17H24O2. The summed E-state index contributed by atoms with van der Waals surface area (Å²) in [5.41, 5.74) is 1.01. The van der Waals surface area contributed by atoms with Crippen LogP contribution in [-0.2, 0) is 0 Å². The highest BCUT2D eigenvalue weighted by molar-refractivity contribution is 5.30. The second-order valence-electron chi connectivity index (χ2n) is 6.13. The van der Waals surface area contributed by atoms with Crippen LogP contribution in [0.3, 0.4) is 0 Å². The van der Waals surface area contributed by atoms with Crippen LogP contribution < -0.4 is 4.74 Å². The molecule has 2 heteroatoms. The molecule has 1 aromatic rings. The van der Waals surface area contributed by atoms with Crippen LogP contribution in [0.4, 0.5) is 0 Å². The summed E-state index contributed by atoms with van der Waals surface area (Å²) >= 11 is 0. The third kappa shape index (κ3) is 3.73. The molecule has 0 amide bonds. The summed E-state index contributed by atoms with van der Waals surface area (Å²) in [6.45, 7) is 0. The Morgan fingerprint density at radius 1 is 1.16 bits per heavy atom. The van der Waals surface area contributed by atoms with E-state index in [1.807, 2.05) is 24.3 Å². The Kier molecular flexibility index (Phi) is 4.07. The average Bonchev–Trinajstić information content (AvgIpc) is 3.08. The average molecular weight is 260 g/mol. The molecular weight excluding hydrogens is 236 g/mol. The third-order valence-corrected chi connectivity index (χ3v) is 4.39. The molecule has 3 rings (SSSR count). The van der Waals surface area contributed by atoms with E-state index in [2.05, 4.69) is 0 Å². The van der Waals surface area contributed by atoms with Crippen molar-refractivity contribution in [2.24, 2.45) is 5.92 Å². The van der Waals surface area contributed by atoms with Crippen LogP contribution in [0, 0.1) is 5.92 Å². The van der Waals surface area contributed by atoms with E-state index >= 15 is 0 Å². The van der Waals surface area contributed by atoms with Gasteiger partial charge in [0.1, 0.15) is 5.75 Å². The Balaban J connectivity index is 1.53. The minimum absolute atomic E-state index is 0.330. The molecule has 0 bridgehead atoms. The Hall–Kier alpha value is -1.02. The van der Waals surface area contributed by atoms with E-state index in [4.69, 9.17) is 4.74 Å². The van der Waals surface area contributed by atoms with E-state index in [-0.39, 0.29) is 6.10 Å². The number of hydrogen-bond donors (Lipinski definition) is 1. The summed E-state index contributed by atoms with van der Waals surface area (Å²) in [6.07, 6.45) is 9.97. The van der Waals surface area contributed by atoms with Gasteiger partial charge in [-0.15, -0.1) is 0 Å². The van der Waals surface area contributed by atoms with Gasteiger partial charge in [-0.25, -0.2) is 0 Å². The molecule has 19 heavy (non-hydrogen) atoms. The van der Waals surface area contributed by atoms with Gasteiger partial charge in [-0.3, -0.25) is 0 Å². The van der Waals surface area contributed by atoms with Crippen molar-refractivity contribution in [1.82, 2.24) is 0 Å². The molecule has 0 aliphatic heterocycles. The van der Waals surface area contributed by atoms with Crippen molar-refractivity contribution in [2.75, 3.05) is 0 Å². The summed E-state index contributed by atoms with van der Waals surface area (Å²) in [4.78, 5) is 0. The van der Waals surface area contributed by atoms with Crippen molar-refractivity contribution in [2.45, 2.75) is 63.6 Å². The maximum Gasteiger partial charge on any atom is 0.120 e. The Labute approximate surface area is 115 Å². The van der Waals surface area contributed by atoms with Gasteiger partial charge in [0.15, 0.2) is 0 Å². The molecule has 2 aliphatic rings. The molecule has 0 saturated heterocycles. The quantitative estimate of drug-likeness (QED) is 0.829. The number of aliphatic hydroxyl groups excluding tert-OH is 1. The smallest absolute Gasteiger partial charge is 0.120 e. The van der Waals surface area contributed by atoms with Crippen molar-refractivity contribution in [3.63, 3.8) is 0 Å². The van der Waals surface area contributed by atoms with Crippen molar-refractivity contribution < 1.29 is 9.84 Å².